The summed E-state index contributed by atoms with van der Waals surface area (Å²) in [5.41, 5.74) is 0.0346. The van der Waals surface area contributed by atoms with Gasteiger partial charge < -0.3 is 9.64 Å². The highest BCUT2D eigenvalue weighted by Crippen LogP contribution is 2.30. The molecule has 0 amide bonds. The van der Waals surface area contributed by atoms with Gasteiger partial charge in [0.15, 0.2) is 0 Å². The zero-order valence-electron chi connectivity index (χ0n) is 15.9. The van der Waals surface area contributed by atoms with E-state index in [4.69, 9.17) is 4.74 Å². The zero-order chi connectivity index (χ0) is 17.7. The van der Waals surface area contributed by atoms with Crippen LogP contribution in [0.3, 0.4) is 0 Å². The van der Waals surface area contributed by atoms with Crippen LogP contribution in [-0.4, -0.2) is 41.8 Å². The first-order valence-electron chi connectivity index (χ1n) is 10.0. The van der Waals surface area contributed by atoms with Crippen LogP contribution in [0, 0.1) is 5.92 Å². The van der Waals surface area contributed by atoms with E-state index >= 15 is 0 Å². The Bertz CT molecular complexity index is 509. The van der Waals surface area contributed by atoms with Gasteiger partial charge in [0.2, 0.25) is 0 Å². The molecule has 142 valence electrons. The Labute approximate surface area is 156 Å². The largest absolute Gasteiger partial charge is 0.470 e. The Morgan fingerprint density at radius 2 is 1.96 bits per heavy atom. The molecule has 3 rings (SSSR count). The van der Waals surface area contributed by atoms with Gasteiger partial charge in [-0.3, -0.25) is 0 Å². The minimum atomic E-state index is -1.17. The van der Waals surface area contributed by atoms with Crippen molar-refractivity contribution in [2.24, 2.45) is 5.92 Å². The summed E-state index contributed by atoms with van der Waals surface area (Å²) in [6.07, 6.45) is 11.1. The topological polar surface area (TPSA) is 25.4 Å². The Kier molecular flexibility index (Phi) is 6.73. The Hall–Kier alpha value is -0.680. The highest BCUT2D eigenvalue weighted by atomic mass is 32.1. The van der Waals surface area contributed by atoms with Crippen molar-refractivity contribution >= 4 is 11.3 Å². The van der Waals surface area contributed by atoms with Crippen LogP contribution in [0.4, 0.5) is 4.39 Å². The smallest absolute Gasteiger partial charge is 0.273 e. The van der Waals surface area contributed by atoms with Crippen molar-refractivity contribution in [1.29, 1.82) is 0 Å². The molecule has 0 aromatic carbocycles. The van der Waals surface area contributed by atoms with Crippen molar-refractivity contribution in [2.45, 2.75) is 77.3 Å². The van der Waals surface area contributed by atoms with E-state index in [-0.39, 0.29) is 0 Å². The Morgan fingerprint density at radius 3 is 2.72 bits per heavy atom. The fraction of sp³-hybridized carbons (Fsp3) is 0.850. The van der Waals surface area contributed by atoms with E-state index in [2.05, 4.69) is 9.88 Å². The maximum Gasteiger partial charge on any atom is 0.273 e. The van der Waals surface area contributed by atoms with E-state index in [1.54, 1.807) is 25.2 Å². The molecule has 0 saturated heterocycles. The minimum absolute atomic E-state index is 0.406. The molecule has 0 atom stereocenters. The van der Waals surface area contributed by atoms with E-state index in [1.807, 2.05) is 0 Å². The monoisotopic (exact) mass is 368 g/mol. The van der Waals surface area contributed by atoms with Crippen molar-refractivity contribution in [3.05, 3.63) is 10.6 Å². The lowest BCUT2D eigenvalue weighted by atomic mass is 9.87. The lowest BCUT2D eigenvalue weighted by Gasteiger charge is -2.26. The summed E-state index contributed by atoms with van der Waals surface area (Å²) >= 11 is 1.66. The first-order chi connectivity index (χ1) is 12.0. The Morgan fingerprint density at radius 1 is 1.20 bits per heavy atom. The Balaban J connectivity index is 1.42. The van der Waals surface area contributed by atoms with Crippen LogP contribution in [0.5, 0.6) is 5.19 Å². The van der Waals surface area contributed by atoms with E-state index in [9.17, 15) is 4.39 Å². The number of hydrogen-bond donors (Lipinski definition) is 0. The van der Waals surface area contributed by atoms with Gasteiger partial charge in [-0.05, 0) is 39.2 Å². The fourth-order valence-corrected chi connectivity index (χ4v) is 4.86. The lowest BCUT2D eigenvalue weighted by molar-refractivity contribution is 0.161. The molecule has 2 heterocycles. The van der Waals surface area contributed by atoms with Gasteiger partial charge in [0.25, 0.3) is 5.19 Å². The molecule has 1 saturated carbocycles. The van der Waals surface area contributed by atoms with Gasteiger partial charge in [-0.15, -0.1) is 0 Å². The quantitative estimate of drug-likeness (QED) is 0.675. The third-order valence-corrected chi connectivity index (χ3v) is 6.65. The molecule has 0 unspecified atom stereocenters. The molecule has 5 heteroatoms. The molecule has 0 spiro atoms. The van der Waals surface area contributed by atoms with Crippen LogP contribution in [0.2, 0.25) is 0 Å². The maximum absolute atomic E-state index is 13.5. The number of hydrogen-bond acceptors (Lipinski definition) is 4. The number of thiazole rings is 1. The second-order valence-electron chi connectivity index (χ2n) is 8.30. The van der Waals surface area contributed by atoms with E-state index < -0.39 is 5.67 Å². The average Bonchev–Trinajstić information content (AvgIpc) is 2.86. The van der Waals surface area contributed by atoms with Gasteiger partial charge in [-0.25, -0.2) is 9.37 Å². The predicted molar refractivity (Wildman–Crippen MR) is 102 cm³/mol. The second kappa shape index (κ2) is 8.81. The number of nitrogens with zero attached hydrogens (tertiary/aromatic N) is 2. The van der Waals surface area contributed by atoms with Gasteiger partial charge >= 0.3 is 0 Å². The zero-order valence-corrected chi connectivity index (χ0v) is 16.7. The number of rotatable bonds is 7. The summed E-state index contributed by atoms with van der Waals surface area (Å²) in [5, 5.41) is 0.727. The average molecular weight is 369 g/mol. The third kappa shape index (κ3) is 6.21. The number of fused-ring (bicyclic) bond motifs is 1. The first kappa shape index (κ1) is 19.1. The lowest BCUT2D eigenvalue weighted by Crippen LogP contribution is -2.29. The third-order valence-electron chi connectivity index (χ3n) is 5.58. The number of ether oxygens (including phenoxy) is 1. The SMILES string of the molecule is CC(C)(F)CCOc1nc2c(s1)CCN(CCC1CCCCC1)CC2. The van der Waals surface area contributed by atoms with Crippen LogP contribution >= 0.6 is 11.3 Å². The van der Waals surface area contributed by atoms with Crippen molar-refractivity contribution in [2.75, 3.05) is 26.2 Å². The molecular formula is C20H33FN2OS. The standard InChI is InChI=1S/C20H33FN2OS/c1-20(2,21)11-15-24-19-22-17-9-13-23(14-10-18(17)25-19)12-8-16-6-4-3-5-7-16/h16H,3-15H2,1-2H3. The van der Waals surface area contributed by atoms with Gasteiger partial charge in [0.05, 0.1) is 12.3 Å². The maximum atomic E-state index is 13.5. The molecule has 25 heavy (non-hydrogen) atoms. The van der Waals surface area contributed by atoms with Crippen molar-refractivity contribution in [3.63, 3.8) is 0 Å². The molecule has 1 aliphatic heterocycles. The minimum Gasteiger partial charge on any atom is -0.470 e. The summed E-state index contributed by atoms with van der Waals surface area (Å²) in [6.45, 7) is 7.09. The van der Waals surface area contributed by atoms with Gasteiger partial charge in [0, 0.05) is 30.8 Å². The van der Waals surface area contributed by atoms with Gasteiger partial charge in [0.1, 0.15) is 5.67 Å². The fourth-order valence-electron chi connectivity index (χ4n) is 3.89. The van der Waals surface area contributed by atoms with E-state index in [0.717, 1.165) is 37.0 Å². The van der Waals surface area contributed by atoms with Crippen molar-refractivity contribution < 1.29 is 9.13 Å². The number of aromatic nitrogens is 1. The highest BCUT2D eigenvalue weighted by Gasteiger charge is 2.21. The molecule has 0 bridgehead atoms. The summed E-state index contributed by atoms with van der Waals surface area (Å²) in [5.74, 6) is 0.962. The van der Waals surface area contributed by atoms with Crippen LogP contribution in [0.25, 0.3) is 0 Å². The van der Waals surface area contributed by atoms with Gasteiger partial charge in [-0.2, -0.15) is 0 Å². The molecule has 3 nitrogen and oxygen atoms in total. The molecule has 1 aromatic rings. The van der Waals surface area contributed by atoms with Crippen LogP contribution in [0.1, 0.15) is 69.4 Å². The molecule has 0 N–H and O–H groups in total. The van der Waals surface area contributed by atoms with Crippen molar-refractivity contribution in [1.82, 2.24) is 9.88 Å². The predicted octanol–water partition coefficient (Wildman–Crippen LogP) is 5.03. The molecule has 1 aliphatic carbocycles. The van der Waals surface area contributed by atoms with Crippen LogP contribution < -0.4 is 4.74 Å². The van der Waals surface area contributed by atoms with E-state index in [1.165, 1.54) is 55.6 Å². The molecule has 2 aliphatic rings. The van der Waals surface area contributed by atoms with Gasteiger partial charge in [-0.1, -0.05) is 43.4 Å². The summed E-state index contributed by atoms with van der Waals surface area (Å²) in [4.78, 5) is 8.65. The van der Waals surface area contributed by atoms with Crippen LogP contribution in [0.15, 0.2) is 0 Å². The number of halogens is 1. The van der Waals surface area contributed by atoms with Crippen LogP contribution in [-0.2, 0) is 12.8 Å². The van der Waals surface area contributed by atoms with E-state index in [0.29, 0.717) is 13.0 Å². The summed E-state index contributed by atoms with van der Waals surface area (Å²) in [7, 11) is 0. The summed E-state index contributed by atoms with van der Waals surface area (Å²) in [6, 6.07) is 0. The normalized spacial score (nSPS) is 20.3. The van der Waals surface area contributed by atoms with Crippen molar-refractivity contribution in [3.8, 4) is 5.19 Å². The summed E-state index contributed by atoms with van der Waals surface area (Å²) < 4.78 is 19.2. The first-order valence-corrected chi connectivity index (χ1v) is 10.8. The molecule has 1 fully saturated rings. The molecule has 1 aromatic heterocycles. The second-order valence-corrected chi connectivity index (χ2v) is 9.35. The molecule has 0 radical (unpaired) electrons. The highest BCUT2D eigenvalue weighted by molar-refractivity contribution is 7.13. The number of alkyl halides is 1. The molecular weight excluding hydrogens is 335 g/mol.